The van der Waals surface area contributed by atoms with Crippen molar-refractivity contribution in [2.75, 3.05) is 14.2 Å². The summed E-state index contributed by atoms with van der Waals surface area (Å²) in [7, 11) is 4.41. The van der Waals surface area contributed by atoms with Crippen molar-refractivity contribution < 1.29 is 17.9 Å². The second-order valence-electron chi connectivity index (χ2n) is 5.60. The number of ether oxygens (including phenoxy) is 2. The molecule has 1 heterocycles. The standard InChI is InChI=1S/C18H18ClN3O4S/c1-25-16-10-17(26-2)18(27(19,23)24)9-13(16)15-7-8-21-22(15)14-6-4-3-5-12(14)11-20/h3-10H,11,20H2,1-2H3. The van der Waals surface area contributed by atoms with Gasteiger partial charge >= 0.3 is 0 Å². The van der Waals surface area contributed by atoms with Crippen molar-refractivity contribution in [1.29, 1.82) is 0 Å². The van der Waals surface area contributed by atoms with Gasteiger partial charge in [0.25, 0.3) is 9.05 Å². The average molecular weight is 408 g/mol. The molecule has 27 heavy (non-hydrogen) atoms. The molecule has 2 aromatic carbocycles. The van der Waals surface area contributed by atoms with Crippen LogP contribution in [0.2, 0.25) is 0 Å². The highest BCUT2D eigenvalue weighted by atomic mass is 35.7. The Hall–Kier alpha value is -2.55. The molecule has 3 rings (SSSR count). The van der Waals surface area contributed by atoms with E-state index >= 15 is 0 Å². The molecule has 0 unspecified atom stereocenters. The average Bonchev–Trinajstić information content (AvgIpc) is 3.15. The minimum Gasteiger partial charge on any atom is -0.496 e. The van der Waals surface area contributed by atoms with Crippen LogP contribution in [0.5, 0.6) is 11.5 Å². The molecule has 0 spiro atoms. The molecular weight excluding hydrogens is 390 g/mol. The first-order valence-corrected chi connectivity index (χ1v) is 10.2. The Labute approximate surface area is 161 Å². The Morgan fingerprint density at radius 2 is 1.81 bits per heavy atom. The molecular formula is C18H18ClN3O4S. The van der Waals surface area contributed by atoms with E-state index < -0.39 is 9.05 Å². The third kappa shape index (κ3) is 3.64. The van der Waals surface area contributed by atoms with E-state index in [-0.39, 0.29) is 10.6 Å². The lowest BCUT2D eigenvalue weighted by atomic mass is 10.1. The number of benzene rings is 2. The van der Waals surface area contributed by atoms with Crippen LogP contribution in [0.1, 0.15) is 5.56 Å². The fourth-order valence-corrected chi connectivity index (χ4v) is 3.85. The van der Waals surface area contributed by atoms with Gasteiger partial charge in [0.2, 0.25) is 0 Å². The van der Waals surface area contributed by atoms with Gasteiger partial charge in [-0.05, 0) is 23.8 Å². The van der Waals surface area contributed by atoms with Crippen molar-refractivity contribution >= 4 is 19.7 Å². The molecule has 0 radical (unpaired) electrons. The van der Waals surface area contributed by atoms with Crippen molar-refractivity contribution in [3.05, 3.63) is 54.2 Å². The molecule has 0 saturated carbocycles. The molecule has 0 bridgehead atoms. The first-order chi connectivity index (χ1) is 12.9. The highest BCUT2D eigenvalue weighted by Crippen LogP contribution is 2.39. The number of hydrogen-bond acceptors (Lipinski definition) is 6. The summed E-state index contributed by atoms with van der Waals surface area (Å²) >= 11 is 0. The molecule has 9 heteroatoms. The SMILES string of the molecule is COc1cc(OC)c(S(=O)(=O)Cl)cc1-c1ccnn1-c1ccccc1CN. The second kappa shape index (κ2) is 7.59. The summed E-state index contributed by atoms with van der Waals surface area (Å²) < 4.78 is 36.3. The normalized spacial score (nSPS) is 11.4. The third-order valence-electron chi connectivity index (χ3n) is 4.11. The summed E-state index contributed by atoms with van der Waals surface area (Å²) in [5, 5.41) is 4.37. The van der Waals surface area contributed by atoms with Gasteiger partial charge in [0, 0.05) is 28.9 Å². The lowest BCUT2D eigenvalue weighted by molar-refractivity contribution is 0.387. The van der Waals surface area contributed by atoms with Gasteiger partial charge in [-0.25, -0.2) is 13.1 Å². The summed E-state index contributed by atoms with van der Waals surface area (Å²) in [4.78, 5) is -0.151. The molecule has 0 atom stereocenters. The van der Waals surface area contributed by atoms with Crippen molar-refractivity contribution in [2.45, 2.75) is 11.4 Å². The smallest absolute Gasteiger partial charge is 0.265 e. The zero-order chi connectivity index (χ0) is 19.6. The lowest BCUT2D eigenvalue weighted by Gasteiger charge is -2.16. The Morgan fingerprint density at radius 1 is 1.11 bits per heavy atom. The number of halogens is 1. The van der Waals surface area contributed by atoms with Crippen molar-refractivity contribution in [3.63, 3.8) is 0 Å². The van der Waals surface area contributed by atoms with Crippen LogP contribution in [-0.4, -0.2) is 32.4 Å². The van der Waals surface area contributed by atoms with E-state index in [9.17, 15) is 8.42 Å². The van der Waals surface area contributed by atoms with Crippen molar-refractivity contribution in [1.82, 2.24) is 9.78 Å². The number of hydrogen-bond donors (Lipinski definition) is 1. The number of rotatable bonds is 6. The van der Waals surface area contributed by atoms with Gasteiger partial charge in [0.1, 0.15) is 16.4 Å². The molecule has 1 aromatic heterocycles. The molecule has 0 aliphatic rings. The van der Waals surface area contributed by atoms with E-state index in [0.717, 1.165) is 11.3 Å². The number of para-hydroxylation sites is 1. The van der Waals surface area contributed by atoms with E-state index in [1.54, 1.807) is 16.9 Å². The van der Waals surface area contributed by atoms with Crippen LogP contribution in [0.3, 0.4) is 0 Å². The molecule has 2 N–H and O–H groups in total. The maximum Gasteiger partial charge on any atom is 0.265 e. The minimum absolute atomic E-state index is 0.0963. The second-order valence-corrected chi connectivity index (χ2v) is 8.14. The van der Waals surface area contributed by atoms with Crippen LogP contribution < -0.4 is 15.2 Å². The van der Waals surface area contributed by atoms with Crippen molar-refractivity contribution in [3.8, 4) is 28.4 Å². The fraction of sp³-hybridized carbons (Fsp3) is 0.167. The predicted octanol–water partition coefficient (Wildman–Crippen LogP) is 2.94. The topological polar surface area (TPSA) is 96.4 Å². The third-order valence-corrected chi connectivity index (χ3v) is 5.45. The molecule has 7 nitrogen and oxygen atoms in total. The Kier molecular flexibility index (Phi) is 5.41. The van der Waals surface area contributed by atoms with Gasteiger partial charge in [-0.1, -0.05) is 18.2 Å². The summed E-state index contributed by atoms with van der Waals surface area (Å²) in [5.41, 5.74) is 8.64. The molecule has 0 aliphatic carbocycles. The predicted molar refractivity (Wildman–Crippen MR) is 103 cm³/mol. The first kappa shape index (κ1) is 19.2. The first-order valence-electron chi connectivity index (χ1n) is 7.94. The molecule has 0 saturated heterocycles. The van der Waals surface area contributed by atoms with E-state index in [0.29, 0.717) is 23.6 Å². The number of aromatic nitrogens is 2. The minimum atomic E-state index is -4.03. The van der Waals surface area contributed by atoms with Gasteiger partial charge in [0.05, 0.1) is 31.8 Å². The monoisotopic (exact) mass is 407 g/mol. The van der Waals surface area contributed by atoms with Crippen LogP contribution in [0.25, 0.3) is 16.9 Å². The summed E-state index contributed by atoms with van der Waals surface area (Å²) in [5.74, 6) is 0.516. The largest absolute Gasteiger partial charge is 0.496 e. The Morgan fingerprint density at radius 3 is 2.44 bits per heavy atom. The maximum atomic E-state index is 12.0. The Balaban J connectivity index is 2.29. The molecule has 142 valence electrons. The van der Waals surface area contributed by atoms with Crippen LogP contribution in [0, 0.1) is 0 Å². The zero-order valence-electron chi connectivity index (χ0n) is 14.7. The highest BCUT2D eigenvalue weighted by molar-refractivity contribution is 8.13. The fourth-order valence-electron chi connectivity index (χ4n) is 2.85. The van der Waals surface area contributed by atoms with Gasteiger partial charge < -0.3 is 15.2 Å². The van der Waals surface area contributed by atoms with Gasteiger partial charge in [0.15, 0.2) is 0 Å². The highest BCUT2D eigenvalue weighted by Gasteiger charge is 2.23. The van der Waals surface area contributed by atoms with Crippen molar-refractivity contribution in [2.24, 2.45) is 5.73 Å². The number of nitrogens with two attached hydrogens (primary N) is 1. The van der Waals surface area contributed by atoms with E-state index in [1.807, 2.05) is 24.3 Å². The van der Waals surface area contributed by atoms with Crippen LogP contribution in [0.15, 0.2) is 53.6 Å². The van der Waals surface area contributed by atoms with Gasteiger partial charge in [-0.2, -0.15) is 5.10 Å². The number of methoxy groups -OCH3 is 2. The molecule has 0 fully saturated rings. The van der Waals surface area contributed by atoms with Crippen LogP contribution >= 0.6 is 10.7 Å². The number of nitrogens with zero attached hydrogens (tertiary/aromatic N) is 2. The maximum absolute atomic E-state index is 12.0. The molecule has 0 amide bonds. The molecule has 3 aromatic rings. The van der Waals surface area contributed by atoms with E-state index in [4.69, 9.17) is 25.9 Å². The van der Waals surface area contributed by atoms with E-state index in [2.05, 4.69) is 5.10 Å². The summed E-state index contributed by atoms with van der Waals surface area (Å²) in [6.45, 7) is 0.330. The lowest BCUT2D eigenvalue weighted by Crippen LogP contribution is -2.07. The van der Waals surface area contributed by atoms with Crippen LogP contribution in [0.4, 0.5) is 0 Å². The summed E-state index contributed by atoms with van der Waals surface area (Å²) in [6.07, 6.45) is 1.61. The van der Waals surface area contributed by atoms with Gasteiger partial charge in [-0.3, -0.25) is 0 Å². The Bertz CT molecular complexity index is 1080. The van der Waals surface area contributed by atoms with E-state index in [1.165, 1.54) is 26.4 Å². The molecule has 0 aliphatic heterocycles. The van der Waals surface area contributed by atoms with Crippen LogP contribution in [-0.2, 0) is 15.6 Å². The summed E-state index contributed by atoms with van der Waals surface area (Å²) in [6, 6.07) is 12.2. The zero-order valence-corrected chi connectivity index (χ0v) is 16.3. The quantitative estimate of drug-likeness (QED) is 0.631. The van der Waals surface area contributed by atoms with Gasteiger partial charge in [-0.15, -0.1) is 0 Å².